The summed E-state index contributed by atoms with van der Waals surface area (Å²) in [7, 11) is 1.65. The topological polar surface area (TPSA) is 91.6 Å². The fourth-order valence-corrected chi connectivity index (χ4v) is 5.31. The lowest BCUT2D eigenvalue weighted by molar-refractivity contribution is -0.122. The predicted molar refractivity (Wildman–Crippen MR) is 131 cm³/mol. The smallest absolute Gasteiger partial charge is 0.227 e. The monoisotopic (exact) mass is 449 g/mol. The summed E-state index contributed by atoms with van der Waals surface area (Å²) in [4.78, 5) is 32.3. The van der Waals surface area contributed by atoms with E-state index in [1.54, 1.807) is 7.05 Å². The number of amides is 1. The molecule has 2 aliphatic heterocycles. The Balaban J connectivity index is 1.33. The van der Waals surface area contributed by atoms with Crippen molar-refractivity contribution in [2.45, 2.75) is 44.6 Å². The number of likely N-dealkylation sites (N-methyl/N-ethyl adjacent to an activating group) is 1. The lowest BCUT2D eigenvalue weighted by Crippen LogP contribution is -2.41. The minimum atomic E-state index is -0.278. The number of rotatable bonds is 8. The highest BCUT2D eigenvalue weighted by atomic mass is 16.1. The van der Waals surface area contributed by atoms with E-state index < -0.39 is 0 Å². The van der Waals surface area contributed by atoms with Gasteiger partial charge in [0.05, 0.1) is 5.92 Å². The molecule has 0 saturated carbocycles. The molecule has 1 spiro atoms. The number of nitrogens with two attached hydrogens (primary N) is 1. The molecule has 2 fully saturated rings. The van der Waals surface area contributed by atoms with Crippen molar-refractivity contribution < 1.29 is 9.59 Å². The van der Waals surface area contributed by atoms with Gasteiger partial charge in [0.15, 0.2) is 0 Å². The molecule has 3 N–H and O–H groups in total. The quantitative estimate of drug-likeness (QED) is 0.602. The number of nitrogens with one attached hydrogen (secondary N) is 1. The molecule has 7 nitrogen and oxygen atoms in total. The van der Waals surface area contributed by atoms with E-state index in [1.165, 1.54) is 30.5 Å². The Morgan fingerprint density at radius 3 is 2.52 bits per heavy atom. The van der Waals surface area contributed by atoms with Crippen LogP contribution in [0.3, 0.4) is 0 Å². The largest absolute Gasteiger partial charge is 0.384 e. The molecule has 0 radical (unpaired) electrons. The molecule has 7 heteroatoms. The van der Waals surface area contributed by atoms with Gasteiger partial charge >= 0.3 is 0 Å². The summed E-state index contributed by atoms with van der Waals surface area (Å²) in [5, 5.41) is 2.72. The zero-order chi connectivity index (χ0) is 23.3. The maximum Gasteiger partial charge on any atom is 0.227 e. The predicted octanol–water partition coefficient (Wildman–Crippen LogP) is 2.97. The average molecular weight is 450 g/mol. The molecule has 2 aromatic rings. The third kappa shape index (κ3) is 5.53. The van der Waals surface area contributed by atoms with E-state index in [1.807, 2.05) is 24.4 Å². The van der Waals surface area contributed by atoms with Crippen LogP contribution < -0.4 is 16.0 Å². The number of pyridine rings is 1. The molecule has 176 valence electrons. The first-order chi connectivity index (χ1) is 16.0. The highest BCUT2D eigenvalue weighted by Crippen LogP contribution is 2.42. The van der Waals surface area contributed by atoms with Gasteiger partial charge in [-0.25, -0.2) is 4.98 Å². The maximum atomic E-state index is 12.3. The first kappa shape index (κ1) is 23.2. The summed E-state index contributed by atoms with van der Waals surface area (Å²) in [6, 6.07) is 12.3. The van der Waals surface area contributed by atoms with Gasteiger partial charge in [0.25, 0.3) is 0 Å². The second-order valence-corrected chi connectivity index (χ2v) is 9.54. The van der Waals surface area contributed by atoms with E-state index in [0.717, 1.165) is 44.6 Å². The number of carbonyl (C=O) groups excluding carboxylic acids is 2. The molecule has 4 rings (SSSR count). The normalized spacial score (nSPS) is 18.9. The van der Waals surface area contributed by atoms with E-state index >= 15 is 0 Å². The number of likely N-dealkylation sites (tertiary alicyclic amines) is 1. The molecule has 0 aliphatic carbocycles. The Bertz CT molecular complexity index is 936. The van der Waals surface area contributed by atoms with Gasteiger partial charge in [-0.05, 0) is 73.5 Å². The van der Waals surface area contributed by atoms with Crippen LogP contribution in [-0.2, 0) is 16.1 Å². The van der Waals surface area contributed by atoms with Crippen molar-refractivity contribution >= 4 is 23.7 Å². The van der Waals surface area contributed by atoms with E-state index in [2.05, 4.69) is 38.3 Å². The number of aldehydes is 1. The number of benzene rings is 1. The molecule has 1 aromatic heterocycles. The lowest BCUT2D eigenvalue weighted by Gasteiger charge is -2.39. The molecular weight excluding hydrogens is 414 g/mol. The van der Waals surface area contributed by atoms with Crippen LogP contribution in [0.15, 0.2) is 42.6 Å². The van der Waals surface area contributed by atoms with E-state index in [-0.39, 0.29) is 11.8 Å². The van der Waals surface area contributed by atoms with Crippen molar-refractivity contribution in [2.24, 2.45) is 5.41 Å². The minimum Gasteiger partial charge on any atom is -0.384 e. The fourth-order valence-electron chi connectivity index (χ4n) is 5.31. The summed E-state index contributed by atoms with van der Waals surface area (Å²) in [5.74, 6) is 0.256. The van der Waals surface area contributed by atoms with Crippen LogP contribution in [0.2, 0.25) is 0 Å². The molecule has 1 atom stereocenters. The molecular formula is C26H35N5O2. The summed E-state index contributed by atoms with van der Waals surface area (Å²) >= 11 is 0. The van der Waals surface area contributed by atoms with Crippen LogP contribution in [0.4, 0.5) is 11.5 Å². The maximum absolute atomic E-state index is 12.3. The number of piperidine rings is 1. The van der Waals surface area contributed by atoms with Crippen molar-refractivity contribution in [3.8, 4) is 0 Å². The standard InChI is InChI=1S/C26H35N5O2/c1-28-25(33)23(3-2-16-32)21-5-7-22(8-6-21)31-15-12-26(19-31)10-13-30(14-11-26)18-20-4-9-24(27)29-17-20/h4-9,16-17,23H,2-3,10-15,18-19H2,1H3,(H2,27,29)(H,28,33). The van der Waals surface area contributed by atoms with Gasteiger partial charge in [0.1, 0.15) is 12.1 Å². The summed E-state index contributed by atoms with van der Waals surface area (Å²) in [6.45, 7) is 5.33. The molecule has 1 unspecified atom stereocenters. The Hall–Kier alpha value is -2.93. The van der Waals surface area contributed by atoms with Crippen LogP contribution in [0.5, 0.6) is 0 Å². The third-order valence-electron chi connectivity index (χ3n) is 7.41. The van der Waals surface area contributed by atoms with Crippen LogP contribution in [0, 0.1) is 5.41 Å². The van der Waals surface area contributed by atoms with Gasteiger partial charge < -0.3 is 20.7 Å². The Labute approximate surface area is 196 Å². The van der Waals surface area contributed by atoms with Gasteiger partial charge in [0.2, 0.25) is 5.91 Å². The number of nitrogen functional groups attached to an aromatic ring is 1. The molecule has 1 amide bonds. The van der Waals surface area contributed by atoms with Crippen molar-refractivity contribution in [2.75, 3.05) is 43.9 Å². The summed E-state index contributed by atoms with van der Waals surface area (Å²) in [5.41, 5.74) is 9.50. The zero-order valence-electron chi connectivity index (χ0n) is 19.5. The van der Waals surface area contributed by atoms with E-state index in [0.29, 0.717) is 24.1 Å². The van der Waals surface area contributed by atoms with E-state index in [9.17, 15) is 9.59 Å². The van der Waals surface area contributed by atoms with Crippen molar-refractivity contribution in [3.63, 3.8) is 0 Å². The van der Waals surface area contributed by atoms with Gasteiger partial charge in [0, 0.05) is 45.0 Å². The van der Waals surface area contributed by atoms with Gasteiger partial charge in [-0.15, -0.1) is 0 Å². The summed E-state index contributed by atoms with van der Waals surface area (Å²) in [6.07, 6.45) is 7.36. The molecule has 2 saturated heterocycles. The molecule has 0 bridgehead atoms. The SMILES string of the molecule is CNC(=O)C(CCC=O)c1ccc(N2CCC3(CCN(Cc4ccc(N)nc4)CC3)C2)cc1. The molecule has 3 heterocycles. The lowest BCUT2D eigenvalue weighted by atomic mass is 9.77. The van der Waals surface area contributed by atoms with Gasteiger partial charge in [-0.1, -0.05) is 18.2 Å². The van der Waals surface area contributed by atoms with E-state index in [4.69, 9.17) is 5.73 Å². The third-order valence-corrected chi connectivity index (χ3v) is 7.41. The molecule has 1 aromatic carbocycles. The number of nitrogens with zero attached hydrogens (tertiary/aromatic N) is 3. The first-order valence-corrected chi connectivity index (χ1v) is 11.9. The zero-order valence-corrected chi connectivity index (χ0v) is 19.5. The van der Waals surface area contributed by atoms with Crippen LogP contribution in [0.1, 0.15) is 49.1 Å². The van der Waals surface area contributed by atoms with Crippen molar-refractivity contribution in [1.29, 1.82) is 0 Å². The number of hydrogen-bond donors (Lipinski definition) is 2. The second kappa shape index (κ2) is 10.3. The molecule has 33 heavy (non-hydrogen) atoms. The van der Waals surface area contributed by atoms with Crippen LogP contribution in [-0.4, -0.2) is 55.3 Å². The fraction of sp³-hybridized carbons (Fsp3) is 0.500. The second-order valence-electron chi connectivity index (χ2n) is 9.54. The molecule has 2 aliphatic rings. The highest BCUT2D eigenvalue weighted by molar-refractivity contribution is 5.83. The van der Waals surface area contributed by atoms with Crippen LogP contribution >= 0.6 is 0 Å². The Morgan fingerprint density at radius 1 is 1.15 bits per heavy atom. The van der Waals surface area contributed by atoms with Gasteiger partial charge in [-0.3, -0.25) is 9.69 Å². The number of hydrogen-bond acceptors (Lipinski definition) is 6. The number of carbonyl (C=O) groups is 2. The minimum absolute atomic E-state index is 0.0359. The Kier molecular flexibility index (Phi) is 7.28. The average Bonchev–Trinajstić information content (AvgIpc) is 3.26. The van der Waals surface area contributed by atoms with Crippen molar-refractivity contribution in [3.05, 3.63) is 53.7 Å². The van der Waals surface area contributed by atoms with Crippen LogP contribution in [0.25, 0.3) is 0 Å². The number of anilines is 2. The Morgan fingerprint density at radius 2 is 1.88 bits per heavy atom. The highest BCUT2D eigenvalue weighted by Gasteiger charge is 2.40. The first-order valence-electron chi connectivity index (χ1n) is 11.9. The number of aromatic nitrogens is 1. The van der Waals surface area contributed by atoms with Crippen molar-refractivity contribution in [1.82, 2.24) is 15.2 Å². The summed E-state index contributed by atoms with van der Waals surface area (Å²) < 4.78 is 0. The van der Waals surface area contributed by atoms with Gasteiger partial charge in [-0.2, -0.15) is 0 Å².